The lowest BCUT2D eigenvalue weighted by molar-refractivity contribution is 0.948. The van der Waals surface area contributed by atoms with E-state index in [-0.39, 0.29) is 0 Å². The minimum absolute atomic E-state index is 0.478. The molecule has 3 N–H and O–H groups in total. The molecule has 0 unspecified atom stereocenters. The fourth-order valence-corrected chi connectivity index (χ4v) is 1.82. The molecule has 2 aromatic rings. The van der Waals surface area contributed by atoms with Gasteiger partial charge in [0.15, 0.2) is 0 Å². The number of aromatic nitrogens is 2. The molecule has 5 heteroatoms. The number of anilines is 3. The molecule has 88 valence electrons. The summed E-state index contributed by atoms with van der Waals surface area (Å²) in [7, 11) is 0. The van der Waals surface area contributed by atoms with Crippen molar-refractivity contribution >= 4 is 33.3 Å². The number of aryl methyl sites for hydroxylation is 1. The Morgan fingerprint density at radius 2 is 2.06 bits per heavy atom. The van der Waals surface area contributed by atoms with E-state index in [4.69, 9.17) is 5.73 Å². The van der Waals surface area contributed by atoms with Gasteiger partial charge in [0.2, 0.25) is 0 Å². The SMILES string of the molecule is CCc1nc(N)cc(Nc2ccccc2Br)n1. The molecule has 1 aromatic heterocycles. The van der Waals surface area contributed by atoms with E-state index >= 15 is 0 Å². The van der Waals surface area contributed by atoms with E-state index in [0.29, 0.717) is 11.6 Å². The Labute approximate surface area is 108 Å². The highest BCUT2D eigenvalue weighted by atomic mass is 79.9. The summed E-state index contributed by atoms with van der Waals surface area (Å²) >= 11 is 3.47. The maximum absolute atomic E-state index is 5.72. The highest BCUT2D eigenvalue weighted by molar-refractivity contribution is 9.10. The molecule has 1 heterocycles. The highest BCUT2D eigenvalue weighted by Gasteiger charge is 2.03. The third-order valence-corrected chi connectivity index (χ3v) is 2.94. The molecule has 0 amide bonds. The summed E-state index contributed by atoms with van der Waals surface area (Å²) in [5, 5.41) is 3.21. The largest absolute Gasteiger partial charge is 0.384 e. The molecule has 0 saturated heterocycles. The van der Waals surface area contributed by atoms with E-state index in [0.717, 1.165) is 22.4 Å². The van der Waals surface area contributed by atoms with E-state index < -0.39 is 0 Å². The number of halogens is 1. The summed E-state index contributed by atoms with van der Waals surface area (Å²) < 4.78 is 0.982. The maximum atomic E-state index is 5.72. The normalized spacial score (nSPS) is 10.2. The van der Waals surface area contributed by atoms with Gasteiger partial charge in [-0.3, -0.25) is 0 Å². The zero-order valence-corrected chi connectivity index (χ0v) is 11.0. The Bertz CT molecular complexity index is 528. The van der Waals surface area contributed by atoms with E-state index in [1.54, 1.807) is 6.07 Å². The number of hydrogen-bond acceptors (Lipinski definition) is 4. The number of nitrogens with zero attached hydrogens (tertiary/aromatic N) is 2. The molecule has 0 aliphatic heterocycles. The van der Waals surface area contributed by atoms with Crippen molar-refractivity contribution in [3.05, 3.63) is 40.6 Å². The number of hydrogen-bond donors (Lipinski definition) is 2. The van der Waals surface area contributed by atoms with Gasteiger partial charge in [0.25, 0.3) is 0 Å². The molecule has 0 fully saturated rings. The number of nitrogens with one attached hydrogen (secondary N) is 1. The first-order valence-electron chi connectivity index (χ1n) is 5.34. The van der Waals surface area contributed by atoms with Crippen molar-refractivity contribution in [2.75, 3.05) is 11.1 Å². The van der Waals surface area contributed by atoms with Gasteiger partial charge in [-0.15, -0.1) is 0 Å². The van der Waals surface area contributed by atoms with Crippen LogP contribution in [0.3, 0.4) is 0 Å². The minimum Gasteiger partial charge on any atom is -0.384 e. The first-order valence-corrected chi connectivity index (χ1v) is 6.13. The Kier molecular flexibility index (Phi) is 3.58. The lowest BCUT2D eigenvalue weighted by atomic mass is 10.3. The smallest absolute Gasteiger partial charge is 0.136 e. The lowest BCUT2D eigenvalue weighted by Gasteiger charge is -2.09. The maximum Gasteiger partial charge on any atom is 0.136 e. The fraction of sp³-hybridized carbons (Fsp3) is 0.167. The molecule has 17 heavy (non-hydrogen) atoms. The van der Waals surface area contributed by atoms with Crippen LogP contribution in [0.15, 0.2) is 34.8 Å². The standard InChI is InChI=1S/C12H13BrN4/c1-2-11-16-10(14)7-12(17-11)15-9-6-4-3-5-8(9)13/h3-7H,2H2,1H3,(H3,14,15,16,17). The molecule has 0 spiro atoms. The summed E-state index contributed by atoms with van der Waals surface area (Å²) in [6, 6.07) is 9.57. The van der Waals surface area contributed by atoms with Crippen molar-refractivity contribution in [2.45, 2.75) is 13.3 Å². The molecule has 0 atom stereocenters. The molecule has 2 rings (SSSR count). The van der Waals surface area contributed by atoms with E-state index in [1.807, 2.05) is 31.2 Å². The average Bonchev–Trinajstić information content (AvgIpc) is 2.31. The Hall–Kier alpha value is -1.62. The molecule has 0 saturated carbocycles. The summed E-state index contributed by atoms with van der Waals surface area (Å²) in [5.41, 5.74) is 6.68. The minimum atomic E-state index is 0.478. The third kappa shape index (κ3) is 2.94. The number of rotatable bonds is 3. The number of nitrogens with two attached hydrogens (primary N) is 1. The summed E-state index contributed by atoms with van der Waals surface area (Å²) in [6.45, 7) is 2.00. The molecular formula is C12H13BrN4. The van der Waals surface area contributed by atoms with Crippen LogP contribution in [0.2, 0.25) is 0 Å². The number of benzene rings is 1. The van der Waals surface area contributed by atoms with Crippen LogP contribution < -0.4 is 11.1 Å². The highest BCUT2D eigenvalue weighted by Crippen LogP contribution is 2.24. The van der Waals surface area contributed by atoms with Crippen molar-refractivity contribution in [2.24, 2.45) is 0 Å². The summed E-state index contributed by atoms with van der Waals surface area (Å²) in [5.74, 6) is 1.92. The van der Waals surface area contributed by atoms with Crippen LogP contribution in [-0.4, -0.2) is 9.97 Å². The lowest BCUT2D eigenvalue weighted by Crippen LogP contribution is -2.02. The quantitative estimate of drug-likeness (QED) is 0.912. The molecule has 1 aromatic carbocycles. The predicted octanol–water partition coefficient (Wildman–Crippen LogP) is 3.13. The van der Waals surface area contributed by atoms with Crippen LogP contribution in [0.4, 0.5) is 17.3 Å². The molecular weight excluding hydrogens is 280 g/mol. The van der Waals surface area contributed by atoms with E-state index in [2.05, 4.69) is 31.2 Å². The van der Waals surface area contributed by atoms with Gasteiger partial charge in [0, 0.05) is 17.0 Å². The first kappa shape index (κ1) is 11.9. The molecule has 4 nitrogen and oxygen atoms in total. The zero-order valence-electron chi connectivity index (χ0n) is 9.44. The Balaban J connectivity index is 2.30. The van der Waals surface area contributed by atoms with Gasteiger partial charge in [-0.25, -0.2) is 9.97 Å². The second-order valence-corrected chi connectivity index (χ2v) is 4.41. The van der Waals surface area contributed by atoms with Gasteiger partial charge in [-0.05, 0) is 28.1 Å². The summed E-state index contributed by atoms with van der Waals surface area (Å²) in [4.78, 5) is 8.50. The Morgan fingerprint density at radius 3 is 2.76 bits per heavy atom. The average molecular weight is 293 g/mol. The second kappa shape index (κ2) is 5.14. The summed E-state index contributed by atoms with van der Waals surface area (Å²) in [6.07, 6.45) is 0.760. The second-order valence-electron chi connectivity index (χ2n) is 3.55. The Morgan fingerprint density at radius 1 is 1.29 bits per heavy atom. The number of para-hydroxylation sites is 1. The fourth-order valence-electron chi connectivity index (χ4n) is 1.44. The van der Waals surface area contributed by atoms with Crippen LogP contribution >= 0.6 is 15.9 Å². The van der Waals surface area contributed by atoms with Gasteiger partial charge >= 0.3 is 0 Å². The van der Waals surface area contributed by atoms with Gasteiger partial charge in [0.1, 0.15) is 17.5 Å². The first-order chi connectivity index (χ1) is 8.19. The van der Waals surface area contributed by atoms with E-state index in [1.165, 1.54) is 0 Å². The van der Waals surface area contributed by atoms with Crippen LogP contribution in [0.5, 0.6) is 0 Å². The van der Waals surface area contributed by atoms with Crippen molar-refractivity contribution in [1.82, 2.24) is 9.97 Å². The zero-order chi connectivity index (χ0) is 12.3. The molecule has 0 aliphatic carbocycles. The van der Waals surface area contributed by atoms with E-state index in [9.17, 15) is 0 Å². The monoisotopic (exact) mass is 292 g/mol. The topological polar surface area (TPSA) is 63.8 Å². The van der Waals surface area contributed by atoms with Gasteiger partial charge < -0.3 is 11.1 Å². The molecule has 0 radical (unpaired) electrons. The van der Waals surface area contributed by atoms with Crippen molar-refractivity contribution in [1.29, 1.82) is 0 Å². The molecule has 0 bridgehead atoms. The van der Waals surface area contributed by atoms with Crippen molar-refractivity contribution < 1.29 is 0 Å². The van der Waals surface area contributed by atoms with Gasteiger partial charge in [-0.2, -0.15) is 0 Å². The van der Waals surface area contributed by atoms with Crippen LogP contribution in [0.1, 0.15) is 12.7 Å². The third-order valence-electron chi connectivity index (χ3n) is 2.25. The van der Waals surface area contributed by atoms with Gasteiger partial charge in [-0.1, -0.05) is 19.1 Å². The predicted molar refractivity (Wildman–Crippen MR) is 73.2 cm³/mol. The van der Waals surface area contributed by atoms with Crippen LogP contribution in [0, 0.1) is 0 Å². The van der Waals surface area contributed by atoms with Crippen molar-refractivity contribution in [3.8, 4) is 0 Å². The number of nitrogen functional groups attached to an aromatic ring is 1. The van der Waals surface area contributed by atoms with Crippen LogP contribution in [0.25, 0.3) is 0 Å². The molecule has 0 aliphatic rings. The van der Waals surface area contributed by atoms with Crippen molar-refractivity contribution in [3.63, 3.8) is 0 Å². The van der Waals surface area contributed by atoms with Crippen LogP contribution in [-0.2, 0) is 6.42 Å². The van der Waals surface area contributed by atoms with Gasteiger partial charge in [0.05, 0.1) is 5.69 Å².